The molecule has 0 radical (unpaired) electrons. The Morgan fingerprint density at radius 1 is 0.815 bits per heavy atom. The molecule has 2 heteroatoms. The van der Waals surface area contributed by atoms with Crippen LogP contribution in [0.2, 0.25) is 0 Å². The fourth-order valence-electron chi connectivity index (χ4n) is 4.15. The largest absolute Gasteiger partial charge is 0.490 e. The van der Waals surface area contributed by atoms with Crippen molar-refractivity contribution in [3.05, 3.63) is 96.1 Å². The summed E-state index contributed by atoms with van der Waals surface area (Å²) in [4.78, 5) is 2.47. The van der Waals surface area contributed by atoms with Gasteiger partial charge in [-0.15, -0.1) is 0 Å². The summed E-state index contributed by atoms with van der Waals surface area (Å²) >= 11 is 0. The Morgan fingerprint density at radius 3 is 2.07 bits per heavy atom. The van der Waals surface area contributed by atoms with E-state index in [-0.39, 0.29) is 5.41 Å². The molecule has 0 bridgehead atoms. The molecule has 3 aromatic carbocycles. The summed E-state index contributed by atoms with van der Waals surface area (Å²) in [5.74, 6) is 1.01. The Morgan fingerprint density at radius 2 is 1.41 bits per heavy atom. The van der Waals surface area contributed by atoms with E-state index in [0.717, 1.165) is 38.3 Å². The van der Waals surface area contributed by atoms with Crippen LogP contribution in [0.4, 0.5) is 5.69 Å². The number of benzene rings is 3. The van der Waals surface area contributed by atoms with Crippen molar-refractivity contribution < 1.29 is 4.74 Å². The molecule has 1 heterocycles. The zero-order chi connectivity index (χ0) is 18.5. The van der Waals surface area contributed by atoms with Gasteiger partial charge in [0.2, 0.25) is 0 Å². The predicted molar refractivity (Wildman–Crippen MR) is 113 cm³/mol. The Balaban J connectivity index is 1.52. The quantitative estimate of drug-likeness (QED) is 0.563. The minimum absolute atomic E-state index is 0.0221. The van der Waals surface area contributed by atoms with Gasteiger partial charge in [-0.05, 0) is 36.1 Å². The molecular weight excluding hydrogens is 330 g/mol. The third kappa shape index (κ3) is 3.71. The summed E-state index contributed by atoms with van der Waals surface area (Å²) in [5, 5.41) is 0. The maximum absolute atomic E-state index is 5.80. The summed E-state index contributed by atoms with van der Waals surface area (Å²) in [6.07, 6.45) is 2.25. The topological polar surface area (TPSA) is 12.5 Å². The highest BCUT2D eigenvalue weighted by atomic mass is 16.5. The van der Waals surface area contributed by atoms with Crippen molar-refractivity contribution in [1.29, 1.82) is 0 Å². The second-order valence-corrected chi connectivity index (χ2v) is 7.47. The van der Waals surface area contributed by atoms with Crippen molar-refractivity contribution in [2.24, 2.45) is 0 Å². The Labute approximate surface area is 162 Å². The van der Waals surface area contributed by atoms with Gasteiger partial charge in [-0.3, -0.25) is 0 Å². The van der Waals surface area contributed by atoms with Crippen LogP contribution in [0, 0.1) is 0 Å². The summed E-state index contributed by atoms with van der Waals surface area (Å²) < 4.78 is 5.80. The smallest absolute Gasteiger partial charge is 0.142 e. The normalized spacial score (nSPS) is 13.7. The molecule has 0 fully saturated rings. The van der Waals surface area contributed by atoms with Gasteiger partial charge in [0.1, 0.15) is 12.4 Å². The van der Waals surface area contributed by atoms with Crippen LogP contribution in [0.5, 0.6) is 5.75 Å². The summed E-state index contributed by atoms with van der Waals surface area (Å²) in [6, 6.07) is 30.2. The van der Waals surface area contributed by atoms with Crippen LogP contribution in [0.3, 0.4) is 0 Å². The number of para-hydroxylation sites is 2. The second kappa shape index (κ2) is 7.87. The van der Waals surface area contributed by atoms with Crippen LogP contribution in [0.1, 0.15) is 30.9 Å². The molecule has 0 N–H and O–H groups in total. The van der Waals surface area contributed by atoms with E-state index in [1.54, 1.807) is 0 Å². The molecule has 0 amide bonds. The highest BCUT2D eigenvalue weighted by Gasteiger charge is 2.28. The average Bonchev–Trinajstić information content (AvgIpc) is 2.75. The van der Waals surface area contributed by atoms with Crippen LogP contribution in [0.25, 0.3) is 0 Å². The molecule has 3 aromatic rings. The average molecular weight is 357 g/mol. The zero-order valence-electron chi connectivity index (χ0n) is 16.0. The lowest BCUT2D eigenvalue weighted by atomic mass is 9.73. The van der Waals surface area contributed by atoms with Gasteiger partial charge in [0.25, 0.3) is 0 Å². The van der Waals surface area contributed by atoms with Crippen molar-refractivity contribution in [2.45, 2.75) is 25.2 Å². The van der Waals surface area contributed by atoms with E-state index < -0.39 is 0 Å². The third-order valence-corrected chi connectivity index (χ3v) is 5.75. The van der Waals surface area contributed by atoms with E-state index >= 15 is 0 Å². The van der Waals surface area contributed by atoms with Crippen molar-refractivity contribution in [3.8, 4) is 5.75 Å². The molecule has 0 aliphatic carbocycles. The number of ether oxygens (including phenoxy) is 1. The lowest BCUT2D eigenvalue weighted by Crippen LogP contribution is -2.34. The first-order chi connectivity index (χ1) is 13.3. The van der Waals surface area contributed by atoms with Crippen molar-refractivity contribution in [2.75, 3.05) is 24.6 Å². The zero-order valence-corrected chi connectivity index (χ0v) is 16.0. The number of anilines is 1. The maximum atomic E-state index is 5.80. The molecule has 1 aliphatic heterocycles. The van der Waals surface area contributed by atoms with Crippen molar-refractivity contribution in [3.63, 3.8) is 0 Å². The molecule has 0 unspecified atom stereocenters. The molecule has 0 saturated carbocycles. The van der Waals surface area contributed by atoms with E-state index in [2.05, 4.69) is 90.7 Å². The van der Waals surface area contributed by atoms with Crippen LogP contribution in [0.15, 0.2) is 84.9 Å². The SMILES string of the molecule is CC(CCCN1CCOc2ccccc21)(c1ccccc1)c1ccccc1. The number of nitrogens with zero attached hydrogens (tertiary/aromatic N) is 1. The van der Waals surface area contributed by atoms with Gasteiger partial charge >= 0.3 is 0 Å². The van der Waals surface area contributed by atoms with Gasteiger partial charge in [-0.2, -0.15) is 0 Å². The van der Waals surface area contributed by atoms with E-state index in [4.69, 9.17) is 4.74 Å². The Bertz CT molecular complexity index is 820. The molecule has 0 aromatic heterocycles. The van der Waals surface area contributed by atoms with Crippen LogP contribution < -0.4 is 9.64 Å². The molecule has 1 aliphatic rings. The summed E-state index contributed by atoms with van der Waals surface area (Å²) in [6.45, 7) is 5.16. The first-order valence-corrected chi connectivity index (χ1v) is 9.85. The highest BCUT2D eigenvalue weighted by Crippen LogP contribution is 2.37. The first kappa shape index (κ1) is 17.7. The van der Waals surface area contributed by atoms with Crippen molar-refractivity contribution >= 4 is 5.69 Å². The number of hydrogen-bond donors (Lipinski definition) is 0. The maximum Gasteiger partial charge on any atom is 0.142 e. The molecular formula is C25H27NO. The molecule has 138 valence electrons. The number of hydrogen-bond acceptors (Lipinski definition) is 2. The van der Waals surface area contributed by atoms with E-state index in [1.807, 2.05) is 6.07 Å². The molecule has 0 atom stereocenters. The number of rotatable bonds is 6. The lowest BCUT2D eigenvalue weighted by Gasteiger charge is -2.34. The fraction of sp³-hybridized carbons (Fsp3) is 0.280. The second-order valence-electron chi connectivity index (χ2n) is 7.47. The van der Waals surface area contributed by atoms with E-state index in [9.17, 15) is 0 Å². The van der Waals surface area contributed by atoms with Gasteiger partial charge < -0.3 is 9.64 Å². The molecule has 0 saturated heterocycles. The van der Waals surface area contributed by atoms with Gasteiger partial charge in [-0.25, -0.2) is 0 Å². The minimum Gasteiger partial charge on any atom is -0.490 e. The highest BCUT2D eigenvalue weighted by molar-refractivity contribution is 5.59. The Hall–Kier alpha value is -2.74. The predicted octanol–water partition coefficient (Wildman–Crippen LogP) is 5.67. The minimum atomic E-state index is 0.0221. The van der Waals surface area contributed by atoms with Gasteiger partial charge in [0.05, 0.1) is 12.2 Å². The molecule has 0 spiro atoms. The van der Waals surface area contributed by atoms with E-state index in [1.165, 1.54) is 16.8 Å². The molecule has 2 nitrogen and oxygen atoms in total. The molecule has 27 heavy (non-hydrogen) atoms. The first-order valence-electron chi connectivity index (χ1n) is 9.85. The van der Waals surface area contributed by atoms with Gasteiger partial charge in [-0.1, -0.05) is 79.7 Å². The monoisotopic (exact) mass is 357 g/mol. The third-order valence-electron chi connectivity index (χ3n) is 5.75. The molecule has 4 rings (SSSR count). The standard InChI is InChI=1S/C25H27NO/c1-25(21-11-4-2-5-12-21,22-13-6-3-7-14-22)17-10-18-26-19-20-27-24-16-9-8-15-23(24)26/h2-9,11-16H,10,17-20H2,1H3. The van der Waals surface area contributed by atoms with E-state index in [0.29, 0.717) is 0 Å². The van der Waals surface area contributed by atoms with Crippen LogP contribution in [-0.2, 0) is 5.41 Å². The lowest BCUT2D eigenvalue weighted by molar-refractivity contribution is 0.306. The van der Waals surface area contributed by atoms with Gasteiger partial charge in [0.15, 0.2) is 0 Å². The van der Waals surface area contributed by atoms with Crippen LogP contribution >= 0.6 is 0 Å². The van der Waals surface area contributed by atoms with Gasteiger partial charge in [0, 0.05) is 12.0 Å². The summed E-state index contributed by atoms with van der Waals surface area (Å²) in [5.41, 5.74) is 4.02. The van der Waals surface area contributed by atoms with Crippen molar-refractivity contribution in [1.82, 2.24) is 0 Å². The fourth-order valence-corrected chi connectivity index (χ4v) is 4.15. The number of fused-ring (bicyclic) bond motifs is 1. The van der Waals surface area contributed by atoms with Crippen LogP contribution in [-0.4, -0.2) is 19.7 Å². The summed E-state index contributed by atoms with van der Waals surface area (Å²) in [7, 11) is 0. The Kier molecular flexibility index (Phi) is 5.15.